The highest BCUT2D eigenvalue weighted by Gasteiger charge is 2.35. The Kier molecular flexibility index (Phi) is 4.68. The largest absolute Gasteiger partial charge is 0.479 e. The number of anilines is 1. The molecule has 2 N–H and O–H groups in total. The first kappa shape index (κ1) is 15.6. The molecule has 0 saturated carbocycles. The van der Waals surface area contributed by atoms with Gasteiger partial charge in [-0.3, -0.25) is 0 Å². The molecule has 0 fully saturated rings. The molecule has 0 heterocycles. The quantitative estimate of drug-likeness (QED) is 0.841. The van der Waals surface area contributed by atoms with Crippen LogP contribution in [0.25, 0.3) is 0 Å². The van der Waals surface area contributed by atoms with Gasteiger partial charge in [0.05, 0.1) is 0 Å². The fraction of sp³-hybridized carbons (Fsp3) is 0.235. The standard InChI is InChI=1S/C17H18BrNO2/c1-3-12-4-6-13(7-5-12)17(2,16(20)21)19-15-10-8-14(18)9-11-15/h4-11,19H,3H2,1-2H3,(H,20,21). The smallest absolute Gasteiger partial charge is 0.333 e. The van der Waals surface area contributed by atoms with E-state index >= 15 is 0 Å². The molecule has 0 radical (unpaired) electrons. The highest BCUT2D eigenvalue weighted by atomic mass is 79.9. The van der Waals surface area contributed by atoms with Gasteiger partial charge in [0, 0.05) is 10.2 Å². The maximum Gasteiger partial charge on any atom is 0.333 e. The first-order valence-corrected chi connectivity index (χ1v) is 7.61. The summed E-state index contributed by atoms with van der Waals surface area (Å²) in [4.78, 5) is 11.8. The number of hydrogen-bond acceptors (Lipinski definition) is 2. The van der Waals surface area contributed by atoms with Crippen molar-refractivity contribution in [1.29, 1.82) is 0 Å². The highest BCUT2D eigenvalue weighted by Crippen LogP contribution is 2.27. The van der Waals surface area contributed by atoms with Gasteiger partial charge in [0.1, 0.15) is 0 Å². The van der Waals surface area contributed by atoms with Crippen molar-refractivity contribution in [1.82, 2.24) is 0 Å². The zero-order valence-corrected chi connectivity index (χ0v) is 13.6. The lowest BCUT2D eigenvalue weighted by Crippen LogP contribution is -2.40. The third-order valence-electron chi connectivity index (χ3n) is 3.61. The number of hydrogen-bond donors (Lipinski definition) is 2. The summed E-state index contributed by atoms with van der Waals surface area (Å²) in [7, 11) is 0. The summed E-state index contributed by atoms with van der Waals surface area (Å²) >= 11 is 3.37. The van der Waals surface area contributed by atoms with Crippen molar-refractivity contribution in [2.24, 2.45) is 0 Å². The minimum absolute atomic E-state index is 0.732. The van der Waals surface area contributed by atoms with Crippen molar-refractivity contribution < 1.29 is 9.90 Å². The molecule has 2 aromatic carbocycles. The number of rotatable bonds is 5. The summed E-state index contributed by atoms with van der Waals surface area (Å²) in [5, 5.41) is 12.8. The Morgan fingerprint density at radius 3 is 2.19 bits per heavy atom. The Morgan fingerprint density at radius 2 is 1.71 bits per heavy atom. The van der Waals surface area contributed by atoms with E-state index in [1.807, 2.05) is 48.5 Å². The normalized spacial score (nSPS) is 13.5. The van der Waals surface area contributed by atoms with E-state index in [-0.39, 0.29) is 0 Å². The zero-order chi connectivity index (χ0) is 15.5. The molecule has 2 aromatic rings. The number of carboxylic acid groups (broad SMARTS) is 1. The second kappa shape index (κ2) is 6.31. The van der Waals surface area contributed by atoms with Crippen molar-refractivity contribution in [3.05, 3.63) is 64.1 Å². The Bertz CT molecular complexity index is 622. The first-order chi connectivity index (χ1) is 9.95. The minimum Gasteiger partial charge on any atom is -0.479 e. The van der Waals surface area contributed by atoms with Crippen LogP contribution in [0.2, 0.25) is 0 Å². The van der Waals surface area contributed by atoms with Gasteiger partial charge in [-0.05, 0) is 48.7 Å². The molecule has 0 aromatic heterocycles. The van der Waals surface area contributed by atoms with E-state index in [0.29, 0.717) is 0 Å². The Hall–Kier alpha value is -1.81. The molecule has 0 saturated heterocycles. The molecule has 1 atom stereocenters. The van der Waals surface area contributed by atoms with Crippen LogP contribution in [0.4, 0.5) is 5.69 Å². The van der Waals surface area contributed by atoms with E-state index in [2.05, 4.69) is 28.2 Å². The molecule has 1 unspecified atom stereocenters. The van der Waals surface area contributed by atoms with Crippen LogP contribution >= 0.6 is 15.9 Å². The number of aliphatic carboxylic acids is 1. The Balaban J connectivity index is 2.34. The fourth-order valence-electron chi connectivity index (χ4n) is 2.14. The summed E-state index contributed by atoms with van der Waals surface area (Å²) in [5.41, 5.74) is 1.52. The minimum atomic E-state index is -1.17. The van der Waals surface area contributed by atoms with E-state index < -0.39 is 11.5 Å². The van der Waals surface area contributed by atoms with Crippen LogP contribution in [0.5, 0.6) is 0 Å². The molecular formula is C17H18BrNO2. The van der Waals surface area contributed by atoms with Crippen LogP contribution < -0.4 is 5.32 Å². The highest BCUT2D eigenvalue weighted by molar-refractivity contribution is 9.10. The van der Waals surface area contributed by atoms with Gasteiger partial charge in [-0.25, -0.2) is 4.79 Å². The topological polar surface area (TPSA) is 49.3 Å². The van der Waals surface area contributed by atoms with E-state index in [4.69, 9.17) is 0 Å². The second-order valence-corrected chi connectivity index (χ2v) is 6.03. The van der Waals surface area contributed by atoms with Gasteiger partial charge in [0.2, 0.25) is 0 Å². The molecule has 0 aliphatic carbocycles. The van der Waals surface area contributed by atoms with Crippen molar-refractivity contribution in [3.63, 3.8) is 0 Å². The van der Waals surface area contributed by atoms with E-state index in [0.717, 1.165) is 22.1 Å². The molecule has 0 aliphatic rings. The van der Waals surface area contributed by atoms with Gasteiger partial charge in [-0.2, -0.15) is 0 Å². The van der Waals surface area contributed by atoms with Crippen LogP contribution in [0, 0.1) is 0 Å². The average Bonchev–Trinajstić information content (AvgIpc) is 2.49. The molecule has 2 rings (SSSR count). The maximum absolute atomic E-state index is 11.8. The molecular weight excluding hydrogens is 330 g/mol. The van der Waals surface area contributed by atoms with Crippen LogP contribution in [0.3, 0.4) is 0 Å². The summed E-state index contributed by atoms with van der Waals surface area (Å²) in [6.07, 6.45) is 0.935. The van der Waals surface area contributed by atoms with Crippen LogP contribution in [0.1, 0.15) is 25.0 Å². The first-order valence-electron chi connectivity index (χ1n) is 6.82. The maximum atomic E-state index is 11.8. The van der Waals surface area contributed by atoms with Crippen LogP contribution in [-0.2, 0) is 16.8 Å². The number of halogens is 1. The Labute approximate surface area is 133 Å². The molecule has 21 heavy (non-hydrogen) atoms. The third-order valence-corrected chi connectivity index (χ3v) is 4.13. The monoisotopic (exact) mass is 347 g/mol. The molecule has 3 nitrogen and oxygen atoms in total. The van der Waals surface area contributed by atoms with Gasteiger partial charge in [-0.15, -0.1) is 0 Å². The summed E-state index contributed by atoms with van der Waals surface area (Å²) in [6.45, 7) is 3.75. The SMILES string of the molecule is CCc1ccc(C(C)(Nc2ccc(Br)cc2)C(=O)O)cc1. The lowest BCUT2D eigenvalue weighted by atomic mass is 9.90. The van der Waals surface area contributed by atoms with Crippen molar-refractivity contribution in [2.75, 3.05) is 5.32 Å². The zero-order valence-electron chi connectivity index (χ0n) is 12.1. The van der Waals surface area contributed by atoms with E-state index in [1.54, 1.807) is 6.92 Å². The molecule has 4 heteroatoms. The fourth-order valence-corrected chi connectivity index (χ4v) is 2.41. The van der Waals surface area contributed by atoms with Gasteiger partial charge in [0.25, 0.3) is 0 Å². The van der Waals surface area contributed by atoms with Crippen LogP contribution in [0.15, 0.2) is 53.0 Å². The van der Waals surface area contributed by atoms with Gasteiger partial charge in [-0.1, -0.05) is 47.1 Å². The number of carboxylic acids is 1. The molecule has 0 aliphatic heterocycles. The number of nitrogens with one attached hydrogen (secondary N) is 1. The lowest BCUT2D eigenvalue weighted by molar-refractivity contribution is -0.142. The third kappa shape index (κ3) is 3.45. The predicted octanol–water partition coefficient (Wildman–Crippen LogP) is 4.42. The van der Waals surface area contributed by atoms with Crippen LogP contribution in [-0.4, -0.2) is 11.1 Å². The summed E-state index contributed by atoms with van der Waals surface area (Å²) in [5.74, 6) is -0.908. The summed E-state index contributed by atoms with van der Waals surface area (Å²) < 4.78 is 0.956. The van der Waals surface area contributed by atoms with E-state index in [9.17, 15) is 9.90 Å². The van der Waals surface area contributed by atoms with E-state index in [1.165, 1.54) is 5.56 Å². The van der Waals surface area contributed by atoms with Gasteiger partial charge >= 0.3 is 5.97 Å². The molecule has 110 valence electrons. The Morgan fingerprint density at radius 1 is 1.14 bits per heavy atom. The number of carbonyl (C=O) groups is 1. The van der Waals surface area contributed by atoms with Crippen molar-refractivity contribution >= 4 is 27.6 Å². The number of benzene rings is 2. The molecule has 0 amide bonds. The van der Waals surface area contributed by atoms with Gasteiger partial charge < -0.3 is 10.4 Å². The van der Waals surface area contributed by atoms with Gasteiger partial charge in [0.15, 0.2) is 5.54 Å². The molecule has 0 spiro atoms. The van der Waals surface area contributed by atoms with Crippen molar-refractivity contribution in [3.8, 4) is 0 Å². The second-order valence-electron chi connectivity index (χ2n) is 5.11. The number of aryl methyl sites for hydroxylation is 1. The lowest BCUT2D eigenvalue weighted by Gasteiger charge is -2.28. The average molecular weight is 348 g/mol. The summed E-state index contributed by atoms with van der Waals surface area (Å²) in [6, 6.07) is 15.2. The molecule has 0 bridgehead atoms. The predicted molar refractivity (Wildman–Crippen MR) is 88.6 cm³/mol. The van der Waals surface area contributed by atoms with Crippen molar-refractivity contribution in [2.45, 2.75) is 25.8 Å².